The molecular weight excluding hydrogens is 406 g/mol. The van der Waals surface area contributed by atoms with Crippen LogP contribution in [0.5, 0.6) is 17.2 Å². The van der Waals surface area contributed by atoms with Crippen LogP contribution in [0.1, 0.15) is 0 Å². The zero-order valence-corrected chi connectivity index (χ0v) is 18.4. The number of ether oxygens (including phenoxy) is 3. The monoisotopic (exact) mass is 435 g/mol. The molecule has 0 unspecified atom stereocenters. The first kappa shape index (κ1) is 22.2. The Bertz CT molecular complexity index is 943. The smallest absolute Gasteiger partial charge is 0.244 e. The van der Waals surface area contributed by atoms with Crippen molar-refractivity contribution in [2.24, 2.45) is 0 Å². The SMILES string of the molecule is COc1ccc(OC)c(S(=O)(=O)NCCN2CCN(c3ccccc3OC)CC2)c1. The standard InChI is InChI=1S/C21H29N3O5S/c1-27-17-8-9-20(29-3)21(16-17)30(25,26)22-10-11-23-12-14-24(15-13-23)18-6-4-5-7-19(18)28-2/h4-9,16,22H,10-15H2,1-3H3. The maximum atomic E-state index is 12.7. The number of nitrogens with zero attached hydrogens (tertiary/aromatic N) is 2. The second-order valence-corrected chi connectivity index (χ2v) is 8.65. The predicted molar refractivity (Wildman–Crippen MR) is 116 cm³/mol. The van der Waals surface area contributed by atoms with E-state index in [0.29, 0.717) is 18.8 Å². The number of hydrogen-bond donors (Lipinski definition) is 1. The van der Waals surface area contributed by atoms with Crippen LogP contribution in [0, 0.1) is 0 Å². The summed E-state index contributed by atoms with van der Waals surface area (Å²) >= 11 is 0. The van der Waals surface area contributed by atoms with E-state index in [1.54, 1.807) is 19.2 Å². The van der Waals surface area contributed by atoms with Gasteiger partial charge in [-0.25, -0.2) is 13.1 Å². The molecule has 9 heteroatoms. The van der Waals surface area contributed by atoms with Crippen LogP contribution in [-0.4, -0.2) is 73.9 Å². The van der Waals surface area contributed by atoms with Gasteiger partial charge < -0.3 is 19.1 Å². The van der Waals surface area contributed by atoms with Crippen molar-refractivity contribution in [2.45, 2.75) is 4.90 Å². The minimum absolute atomic E-state index is 0.0744. The lowest BCUT2D eigenvalue weighted by molar-refractivity contribution is 0.261. The summed E-state index contributed by atoms with van der Waals surface area (Å²) in [5.74, 6) is 1.61. The molecule has 0 spiro atoms. The average molecular weight is 436 g/mol. The molecule has 2 aromatic rings. The molecule has 3 rings (SSSR count). The van der Waals surface area contributed by atoms with Gasteiger partial charge in [0, 0.05) is 45.3 Å². The molecule has 0 radical (unpaired) electrons. The van der Waals surface area contributed by atoms with Gasteiger partial charge >= 0.3 is 0 Å². The Labute approximate surface area is 178 Å². The first-order valence-corrected chi connectivity index (χ1v) is 11.3. The number of hydrogen-bond acceptors (Lipinski definition) is 7. The zero-order chi connectivity index (χ0) is 21.6. The summed E-state index contributed by atoms with van der Waals surface area (Å²) in [5.41, 5.74) is 1.09. The van der Waals surface area contributed by atoms with Crippen molar-refractivity contribution in [2.75, 3.05) is 65.5 Å². The van der Waals surface area contributed by atoms with Gasteiger partial charge in [-0.15, -0.1) is 0 Å². The second-order valence-electron chi connectivity index (χ2n) is 6.92. The number of anilines is 1. The molecule has 30 heavy (non-hydrogen) atoms. The number of methoxy groups -OCH3 is 3. The fourth-order valence-electron chi connectivity index (χ4n) is 3.51. The van der Waals surface area contributed by atoms with Crippen LogP contribution in [0.4, 0.5) is 5.69 Å². The van der Waals surface area contributed by atoms with E-state index in [4.69, 9.17) is 14.2 Å². The Balaban J connectivity index is 1.54. The number of piperazine rings is 1. The molecule has 1 aliphatic rings. The van der Waals surface area contributed by atoms with Crippen molar-refractivity contribution < 1.29 is 22.6 Å². The molecule has 1 heterocycles. The molecule has 0 amide bonds. The molecule has 1 aliphatic heterocycles. The average Bonchev–Trinajstić information content (AvgIpc) is 2.79. The van der Waals surface area contributed by atoms with Gasteiger partial charge in [0.2, 0.25) is 10.0 Å². The summed E-state index contributed by atoms with van der Waals surface area (Å²) in [7, 11) is 0.914. The lowest BCUT2D eigenvalue weighted by Crippen LogP contribution is -2.48. The Morgan fingerprint density at radius 1 is 0.900 bits per heavy atom. The second kappa shape index (κ2) is 10.0. The fraction of sp³-hybridized carbons (Fsp3) is 0.429. The van der Waals surface area contributed by atoms with Gasteiger partial charge in [0.25, 0.3) is 0 Å². The van der Waals surface area contributed by atoms with E-state index < -0.39 is 10.0 Å². The maximum absolute atomic E-state index is 12.7. The van der Waals surface area contributed by atoms with Crippen molar-refractivity contribution in [1.29, 1.82) is 0 Å². The van der Waals surface area contributed by atoms with E-state index in [0.717, 1.165) is 37.6 Å². The highest BCUT2D eigenvalue weighted by atomic mass is 32.2. The van der Waals surface area contributed by atoms with Crippen LogP contribution in [0.2, 0.25) is 0 Å². The quantitative estimate of drug-likeness (QED) is 0.643. The van der Waals surface area contributed by atoms with Gasteiger partial charge in [0.1, 0.15) is 22.1 Å². The van der Waals surface area contributed by atoms with Crippen LogP contribution < -0.4 is 23.8 Å². The van der Waals surface area contributed by atoms with E-state index in [2.05, 4.69) is 20.6 Å². The van der Waals surface area contributed by atoms with E-state index in [1.807, 2.05) is 18.2 Å². The molecule has 1 N–H and O–H groups in total. The lowest BCUT2D eigenvalue weighted by Gasteiger charge is -2.36. The molecule has 0 aromatic heterocycles. The van der Waals surface area contributed by atoms with E-state index in [1.165, 1.54) is 20.3 Å². The van der Waals surface area contributed by atoms with E-state index in [-0.39, 0.29) is 10.6 Å². The summed E-state index contributed by atoms with van der Waals surface area (Å²) in [4.78, 5) is 4.61. The number of nitrogens with one attached hydrogen (secondary N) is 1. The van der Waals surface area contributed by atoms with Gasteiger partial charge in [0.15, 0.2) is 0 Å². The third-order valence-electron chi connectivity index (χ3n) is 5.18. The summed E-state index contributed by atoms with van der Waals surface area (Å²) in [6.07, 6.45) is 0. The number of benzene rings is 2. The summed E-state index contributed by atoms with van der Waals surface area (Å²) in [6.45, 7) is 4.36. The number of para-hydroxylation sites is 2. The highest BCUT2D eigenvalue weighted by Crippen LogP contribution is 2.29. The molecule has 1 fully saturated rings. The van der Waals surface area contributed by atoms with Crippen LogP contribution in [-0.2, 0) is 10.0 Å². The predicted octanol–water partition coefficient (Wildman–Crippen LogP) is 1.81. The third kappa shape index (κ3) is 5.16. The molecule has 2 aromatic carbocycles. The zero-order valence-electron chi connectivity index (χ0n) is 17.6. The molecule has 0 saturated carbocycles. The first-order chi connectivity index (χ1) is 14.5. The Hall–Kier alpha value is -2.49. The number of sulfonamides is 1. The topological polar surface area (TPSA) is 80.3 Å². The third-order valence-corrected chi connectivity index (χ3v) is 6.66. The summed E-state index contributed by atoms with van der Waals surface area (Å²) in [6, 6.07) is 12.7. The van der Waals surface area contributed by atoms with Gasteiger partial charge in [-0.2, -0.15) is 0 Å². The molecule has 0 aliphatic carbocycles. The largest absolute Gasteiger partial charge is 0.497 e. The molecular formula is C21H29N3O5S. The minimum Gasteiger partial charge on any atom is -0.497 e. The maximum Gasteiger partial charge on any atom is 0.244 e. The molecule has 0 bridgehead atoms. The van der Waals surface area contributed by atoms with Gasteiger partial charge in [-0.05, 0) is 24.3 Å². The van der Waals surface area contributed by atoms with Crippen LogP contribution >= 0.6 is 0 Å². The first-order valence-electron chi connectivity index (χ1n) is 9.80. The van der Waals surface area contributed by atoms with Crippen LogP contribution in [0.25, 0.3) is 0 Å². The van der Waals surface area contributed by atoms with Crippen LogP contribution in [0.3, 0.4) is 0 Å². The molecule has 8 nitrogen and oxygen atoms in total. The molecule has 164 valence electrons. The lowest BCUT2D eigenvalue weighted by atomic mass is 10.2. The highest BCUT2D eigenvalue weighted by molar-refractivity contribution is 7.89. The van der Waals surface area contributed by atoms with Crippen LogP contribution in [0.15, 0.2) is 47.4 Å². The number of rotatable bonds is 9. The van der Waals surface area contributed by atoms with Crippen molar-refractivity contribution in [3.05, 3.63) is 42.5 Å². The van der Waals surface area contributed by atoms with Gasteiger partial charge in [-0.1, -0.05) is 12.1 Å². The Morgan fingerprint density at radius 2 is 1.60 bits per heavy atom. The molecule has 1 saturated heterocycles. The van der Waals surface area contributed by atoms with Gasteiger partial charge in [0.05, 0.1) is 27.0 Å². The van der Waals surface area contributed by atoms with Gasteiger partial charge in [-0.3, -0.25) is 4.90 Å². The molecule has 0 atom stereocenters. The summed E-state index contributed by atoms with van der Waals surface area (Å²) < 4.78 is 44.0. The van der Waals surface area contributed by atoms with E-state index >= 15 is 0 Å². The highest BCUT2D eigenvalue weighted by Gasteiger charge is 2.22. The normalized spacial score (nSPS) is 15.1. The fourth-order valence-corrected chi connectivity index (χ4v) is 4.72. The van der Waals surface area contributed by atoms with Crippen molar-refractivity contribution >= 4 is 15.7 Å². The van der Waals surface area contributed by atoms with Crippen molar-refractivity contribution in [3.63, 3.8) is 0 Å². The van der Waals surface area contributed by atoms with Crippen molar-refractivity contribution in [3.8, 4) is 17.2 Å². The van der Waals surface area contributed by atoms with Crippen molar-refractivity contribution in [1.82, 2.24) is 9.62 Å². The minimum atomic E-state index is -3.71. The summed E-state index contributed by atoms with van der Waals surface area (Å²) in [5, 5.41) is 0. The Morgan fingerprint density at radius 3 is 2.27 bits per heavy atom. The van der Waals surface area contributed by atoms with E-state index in [9.17, 15) is 8.42 Å². The Kier molecular flexibility index (Phi) is 7.41.